The average Bonchev–Trinajstić information content (AvgIpc) is 4.44. The number of hydrogen-bond donors (Lipinski definition) is 0. The van der Waals surface area contributed by atoms with Crippen molar-refractivity contribution in [3.63, 3.8) is 0 Å². The zero-order valence-electron chi connectivity index (χ0n) is 40.0. The van der Waals surface area contributed by atoms with Crippen molar-refractivity contribution in [2.75, 3.05) is 0 Å². The Balaban J connectivity index is 1.14. The molecule has 0 amide bonds. The van der Waals surface area contributed by atoms with E-state index in [4.69, 9.17) is 18.2 Å². The third kappa shape index (κ3) is 5.12. The summed E-state index contributed by atoms with van der Waals surface area (Å²) in [5, 5.41) is 36.5. The zero-order chi connectivity index (χ0) is 49.9. The van der Waals surface area contributed by atoms with E-state index in [-0.39, 0.29) is 0 Å². The highest BCUT2D eigenvalue weighted by Crippen LogP contribution is 2.51. The van der Waals surface area contributed by atoms with Gasteiger partial charge in [-0.1, -0.05) is 115 Å². The molecule has 9 heteroatoms. The van der Waals surface area contributed by atoms with Gasteiger partial charge in [0.25, 0.3) is 0 Å². The molecule has 7 heterocycles. The first-order chi connectivity index (χ1) is 37.7. The fraction of sp³-hybridized carbons (Fsp3) is 0. The van der Waals surface area contributed by atoms with Crippen LogP contribution in [0.25, 0.3) is 159 Å². The number of nitrogens with zero attached hydrogens (tertiary/aromatic N) is 6. The third-order valence-corrected chi connectivity index (χ3v) is 15.8. The quantitative estimate of drug-likeness (QED) is 0.173. The van der Waals surface area contributed by atoms with Crippen LogP contribution < -0.4 is 0 Å². The number of benzene rings is 10. The first-order valence-corrected chi connectivity index (χ1v) is 25.1. The molecule has 0 N–H and O–H groups in total. The third-order valence-electron chi connectivity index (χ3n) is 15.8. The van der Waals surface area contributed by atoms with Gasteiger partial charge in [-0.3, -0.25) is 4.98 Å². The lowest BCUT2D eigenvalue weighted by Crippen LogP contribution is -2.14. The highest BCUT2D eigenvalue weighted by molar-refractivity contribution is 6.27. The van der Waals surface area contributed by atoms with Crippen LogP contribution in [0.5, 0.6) is 0 Å². The van der Waals surface area contributed by atoms with Crippen LogP contribution in [0.1, 0.15) is 11.1 Å². The van der Waals surface area contributed by atoms with Crippen molar-refractivity contribution in [2.24, 2.45) is 0 Å². The largest absolute Gasteiger partial charge is 0.455 e. The Morgan fingerprint density at radius 3 is 1.09 bits per heavy atom. The lowest BCUT2D eigenvalue weighted by molar-refractivity contribution is 0.672. The molecule has 76 heavy (non-hydrogen) atoms. The standard InChI is InChI=1S/C67H34N6O3/c68-34-47-58(37-14-13-33-70-36-37)62(71-49-21-7-1-18-44(49)59-52(71)30-27-41-38-15-4-10-24-55(38)74-65(41)59)48(35-69)64(73-51-23-9-3-20-46(51)61-54(73)32-29-43-40-17-6-12-26-57(40)76-67(43)61)63(47)72-50-22-8-2-19-45(50)60-53(72)31-28-42-39-16-5-11-25-56(39)75-66(42)60/h1-33,36H. The first kappa shape index (κ1) is 40.7. The number of nitriles is 2. The average molecular weight is 971 g/mol. The Kier molecular flexibility index (Phi) is 7.96. The molecule has 0 aliphatic rings. The Morgan fingerprint density at radius 1 is 0.329 bits per heavy atom. The summed E-state index contributed by atoms with van der Waals surface area (Å²) in [6.07, 6.45) is 3.52. The number of rotatable bonds is 4. The number of pyridine rings is 1. The van der Waals surface area contributed by atoms with Crippen LogP contribution in [-0.4, -0.2) is 18.7 Å². The minimum atomic E-state index is 0.336. The Bertz CT molecular complexity index is 5510. The Morgan fingerprint density at radius 2 is 0.697 bits per heavy atom. The van der Waals surface area contributed by atoms with Crippen LogP contribution >= 0.6 is 0 Å². The van der Waals surface area contributed by atoms with Crippen LogP contribution in [0.15, 0.2) is 220 Å². The van der Waals surface area contributed by atoms with Crippen molar-refractivity contribution in [3.8, 4) is 40.3 Å². The molecule has 17 rings (SSSR count). The minimum absolute atomic E-state index is 0.336. The molecule has 0 spiro atoms. The van der Waals surface area contributed by atoms with E-state index in [1.165, 1.54) is 0 Å². The van der Waals surface area contributed by atoms with E-state index < -0.39 is 0 Å². The normalized spacial score (nSPS) is 12.2. The minimum Gasteiger partial charge on any atom is -0.455 e. The molecular formula is C67H34N6O3. The maximum Gasteiger partial charge on any atom is 0.145 e. The molecule has 7 aromatic heterocycles. The van der Waals surface area contributed by atoms with Gasteiger partial charge in [0.15, 0.2) is 0 Å². The van der Waals surface area contributed by atoms with Gasteiger partial charge in [0.05, 0.1) is 71.9 Å². The highest BCUT2D eigenvalue weighted by Gasteiger charge is 2.34. The van der Waals surface area contributed by atoms with E-state index in [9.17, 15) is 10.5 Å². The summed E-state index contributed by atoms with van der Waals surface area (Å²) < 4.78 is 27.0. The summed E-state index contributed by atoms with van der Waals surface area (Å²) in [6, 6.07) is 71.4. The molecular weight excluding hydrogens is 937 g/mol. The maximum absolute atomic E-state index is 12.6. The molecule has 0 radical (unpaired) electrons. The molecule has 0 aliphatic heterocycles. The number of furan rings is 3. The highest BCUT2D eigenvalue weighted by atomic mass is 16.3. The molecule has 0 saturated carbocycles. The Hall–Kier alpha value is -10.9. The number of para-hydroxylation sites is 6. The van der Waals surface area contributed by atoms with Crippen molar-refractivity contribution in [1.82, 2.24) is 18.7 Å². The van der Waals surface area contributed by atoms with Gasteiger partial charge in [-0.15, -0.1) is 0 Å². The molecule has 9 nitrogen and oxygen atoms in total. The van der Waals surface area contributed by atoms with Crippen LogP contribution in [0, 0.1) is 22.7 Å². The fourth-order valence-corrected chi connectivity index (χ4v) is 12.8. The van der Waals surface area contributed by atoms with E-state index >= 15 is 0 Å². The molecule has 0 aliphatic carbocycles. The first-order valence-electron chi connectivity index (χ1n) is 25.1. The predicted octanol–water partition coefficient (Wildman–Crippen LogP) is 17.5. The molecule has 0 saturated heterocycles. The van der Waals surface area contributed by atoms with Crippen molar-refractivity contribution >= 4 is 131 Å². The lowest BCUT2D eigenvalue weighted by atomic mass is 9.91. The fourth-order valence-electron chi connectivity index (χ4n) is 12.8. The van der Waals surface area contributed by atoms with Crippen molar-refractivity contribution in [2.45, 2.75) is 0 Å². The van der Waals surface area contributed by atoms with E-state index in [0.717, 1.165) is 131 Å². The van der Waals surface area contributed by atoms with Crippen molar-refractivity contribution < 1.29 is 13.3 Å². The van der Waals surface area contributed by atoms with Gasteiger partial charge in [0.1, 0.15) is 51.2 Å². The van der Waals surface area contributed by atoms with E-state index in [1.807, 2.05) is 103 Å². The van der Waals surface area contributed by atoms with Gasteiger partial charge in [0.2, 0.25) is 0 Å². The molecule has 0 bridgehead atoms. The maximum atomic E-state index is 12.6. The summed E-state index contributed by atoms with van der Waals surface area (Å²) in [5.41, 5.74) is 13.0. The monoisotopic (exact) mass is 970 g/mol. The van der Waals surface area contributed by atoms with Crippen LogP contribution in [0.3, 0.4) is 0 Å². The second-order valence-corrected chi connectivity index (χ2v) is 19.5. The molecule has 0 fully saturated rings. The molecule has 350 valence electrons. The summed E-state index contributed by atoms with van der Waals surface area (Å²) in [7, 11) is 0. The second-order valence-electron chi connectivity index (χ2n) is 19.5. The van der Waals surface area contributed by atoms with E-state index in [2.05, 4.69) is 117 Å². The lowest BCUT2D eigenvalue weighted by Gasteiger charge is -2.26. The molecule has 0 atom stereocenters. The van der Waals surface area contributed by atoms with Gasteiger partial charge in [-0.25, -0.2) is 0 Å². The van der Waals surface area contributed by atoms with Gasteiger partial charge >= 0.3 is 0 Å². The topological polar surface area (TPSA) is 115 Å². The van der Waals surface area contributed by atoms with Gasteiger partial charge in [-0.2, -0.15) is 10.5 Å². The zero-order valence-corrected chi connectivity index (χ0v) is 40.0. The second kappa shape index (κ2) is 14.9. The van der Waals surface area contributed by atoms with E-state index in [0.29, 0.717) is 39.3 Å². The van der Waals surface area contributed by atoms with Crippen LogP contribution in [0.2, 0.25) is 0 Å². The molecule has 17 aromatic rings. The number of fused-ring (bicyclic) bond motifs is 21. The summed E-state index contributed by atoms with van der Waals surface area (Å²) >= 11 is 0. The Labute approximate surface area is 429 Å². The number of aromatic nitrogens is 4. The van der Waals surface area contributed by atoms with Crippen molar-refractivity contribution in [1.29, 1.82) is 10.5 Å². The summed E-state index contributed by atoms with van der Waals surface area (Å²) in [5.74, 6) is 0. The van der Waals surface area contributed by atoms with Crippen LogP contribution in [-0.2, 0) is 0 Å². The summed E-state index contributed by atoms with van der Waals surface area (Å²) in [4.78, 5) is 4.70. The van der Waals surface area contributed by atoms with Crippen molar-refractivity contribution in [3.05, 3.63) is 218 Å². The van der Waals surface area contributed by atoms with Crippen LogP contribution in [0.4, 0.5) is 0 Å². The molecule has 10 aromatic carbocycles. The predicted molar refractivity (Wildman–Crippen MR) is 304 cm³/mol. The van der Waals surface area contributed by atoms with E-state index in [1.54, 1.807) is 12.4 Å². The smallest absolute Gasteiger partial charge is 0.145 e. The van der Waals surface area contributed by atoms with Gasteiger partial charge < -0.3 is 27.0 Å². The number of hydrogen-bond acceptors (Lipinski definition) is 6. The summed E-state index contributed by atoms with van der Waals surface area (Å²) in [6.45, 7) is 0. The van der Waals surface area contributed by atoms with Gasteiger partial charge in [-0.05, 0) is 78.9 Å². The molecule has 0 unspecified atom stereocenters. The SMILES string of the molecule is N#Cc1c(-c2cccnc2)c(-n2c3ccccc3c3c4oc5ccccc5c4ccc32)c(C#N)c(-n2c3ccccc3c3c4oc5ccccc5c4ccc32)c1-n1c2ccccc2c2c3oc4ccccc4c3ccc21. The van der Waals surface area contributed by atoms with Gasteiger partial charge in [0, 0.05) is 72.0 Å².